The molecule has 18 heavy (non-hydrogen) atoms. The fraction of sp³-hybridized carbons (Fsp3) is 0.364. The molecular formula is C11H11F2NO4. The highest BCUT2D eigenvalue weighted by Crippen LogP contribution is 2.21. The van der Waals surface area contributed by atoms with Crippen molar-refractivity contribution in [3.63, 3.8) is 0 Å². The third-order valence-electron chi connectivity index (χ3n) is 2.18. The molecule has 1 rings (SSSR count). The molecule has 0 amide bonds. The Balaban J connectivity index is 2.93. The van der Waals surface area contributed by atoms with Crippen LogP contribution in [0.1, 0.15) is 30.1 Å². The van der Waals surface area contributed by atoms with E-state index in [0.717, 1.165) is 6.42 Å². The summed E-state index contributed by atoms with van der Waals surface area (Å²) in [6, 6.07) is 0.841. The average Bonchev–Trinajstić information content (AvgIpc) is 2.31. The third-order valence-corrected chi connectivity index (χ3v) is 2.18. The van der Waals surface area contributed by atoms with Crippen molar-refractivity contribution in [1.82, 2.24) is 0 Å². The minimum atomic E-state index is -1.27. The second-order valence-corrected chi connectivity index (χ2v) is 3.53. The number of nitro benzene ring substituents is 1. The first-order valence-electron chi connectivity index (χ1n) is 5.28. The predicted octanol–water partition coefficient (Wildman–Crippen LogP) is 2.83. The van der Waals surface area contributed by atoms with Crippen LogP contribution in [0.4, 0.5) is 14.5 Å². The summed E-state index contributed by atoms with van der Waals surface area (Å²) in [5.74, 6) is -3.48. The highest BCUT2D eigenvalue weighted by atomic mass is 19.1. The summed E-state index contributed by atoms with van der Waals surface area (Å²) in [5.41, 5.74) is -1.66. The van der Waals surface area contributed by atoms with Crippen molar-refractivity contribution in [2.24, 2.45) is 0 Å². The molecule has 0 atom stereocenters. The number of hydrogen-bond donors (Lipinski definition) is 0. The monoisotopic (exact) mass is 259 g/mol. The molecule has 0 fully saturated rings. The largest absolute Gasteiger partial charge is 0.462 e. The molecule has 0 aliphatic carbocycles. The van der Waals surface area contributed by atoms with Crippen LogP contribution in [0.25, 0.3) is 0 Å². The van der Waals surface area contributed by atoms with E-state index in [0.29, 0.717) is 18.6 Å². The number of carbonyl (C=O) groups is 1. The zero-order valence-corrected chi connectivity index (χ0v) is 9.61. The van der Waals surface area contributed by atoms with Gasteiger partial charge in [-0.3, -0.25) is 10.1 Å². The van der Waals surface area contributed by atoms with Crippen molar-refractivity contribution in [3.05, 3.63) is 39.4 Å². The molecule has 0 unspecified atom stereocenters. The van der Waals surface area contributed by atoms with Gasteiger partial charge in [-0.1, -0.05) is 13.3 Å². The lowest BCUT2D eigenvalue weighted by Gasteiger charge is -2.05. The highest BCUT2D eigenvalue weighted by Gasteiger charge is 2.22. The van der Waals surface area contributed by atoms with Crippen LogP contribution in [-0.4, -0.2) is 17.5 Å². The van der Waals surface area contributed by atoms with Gasteiger partial charge in [0.15, 0.2) is 0 Å². The van der Waals surface area contributed by atoms with E-state index in [2.05, 4.69) is 4.74 Å². The Morgan fingerprint density at radius 1 is 1.39 bits per heavy atom. The van der Waals surface area contributed by atoms with Gasteiger partial charge in [-0.2, -0.15) is 4.39 Å². The number of nitro groups is 1. The Bertz CT molecular complexity index is 476. The van der Waals surface area contributed by atoms with Gasteiger partial charge in [0.2, 0.25) is 5.82 Å². The molecule has 0 saturated carbocycles. The van der Waals surface area contributed by atoms with Gasteiger partial charge >= 0.3 is 11.7 Å². The molecule has 1 aromatic carbocycles. The first-order chi connectivity index (χ1) is 8.47. The third kappa shape index (κ3) is 3.22. The fourth-order valence-electron chi connectivity index (χ4n) is 1.22. The van der Waals surface area contributed by atoms with Gasteiger partial charge in [0, 0.05) is 0 Å². The average molecular weight is 259 g/mol. The van der Waals surface area contributed by atoms with E-state index < -0.39 is 33.8 Å². The molecule has 0 spiro atoms. The molecule has 5 nitrogen and oxygen atoms in total. The minimum absolute atomic E-state index is 0.0907. The van der Waals surface area contributed by atoms with Gasteiger partial charge < -0.3 is 4.74 Å². The molecule has 0 aliphatic heterocycles. The van der Waals surface area contributed by atoms with E-state index in [1.165, 1.54) is 0 Å². The van der Waals surface area contributed by atoms with Crippen LogP contribution in [0.3, 0.4) is 0 Å². The SMILES string of the molecule is CCCCOC(=O)c1cc(F)c([N+](=O)[O-])cc1F. The van der Waals surface area contributed by atoms with E-state index in [4.69, 9.17) is 0 Å². The van der Waals surface area contributed by atoms with Crippen molar-refractivity contribution in [3.8, 4) is 0 Å². The van der Waals surface area contributed by atoms with Crippen LogP contribution in [-0.2, 0) is 4.74 Å². The summed E-state index contributed by atoms with van der Waals surface area (Å²) in [7, 11) is 0. The lowest BCUT2D eigenvalue weighted by molar-refractivity contribution is -0.387. The standard InChI is InChI=1S/C11H11F2NO4/c1-2-3-4-18-11(15)7-5-9(13)10(14(16)17)6-8(7)12/h5-6H,2-4H2,1H3. The van der Waals surface area contributed by atoms with E-state index in [1.54, 1.807) is 0 Å². The first-order valence-corrected chi connectivity index (χ1v) is 5.28. The zero-order valence-electron chi connectivity index (χ0n) is 9.61. The Hall–Kier alpha value is -2.05. The van der Waals surface area contributed by atoms with Crippen molar-refractivity contribution in [2.45, 2.75) is 19.8 Å². The van der Waals surface area contributed by atoms with Crippen molar-refractivity contribution in [2.75, 3.05) is 6.61 Å². The number of rotatable bonds is 5. The molecule has 0 heterocycles. The van der Waals surface area contributed by atoms with E-state index in [9.17, 15) is 23.7 Å². The van der Waals surface area contributed by atoms with E-state index in [1.807, 2.05) is 6.92 Å². The quantitative estimate of drug-likeness (QED) is 0.353. The molecule has 0 saturated heterocycles. The molecule has 98 valence electrons. The Kier molecular flexibility index (Phi) is 4.70. The lowest BCUT2D eigenvalue weighted by atomic mass is 10.2. The highest BCUT2D eigenvalue weighted by molar-refractivity contribution is 5.90. The Morgan fingerprint density at radius 2 is 2.06 bits per heavy atom. The Morgan fingerprint density at radius 3 is 2.61 bits per heavy atom. The van der Waals surface area contributed by atoms with Crippen molar-refractivity contribution < 1.29 is 23.2 Å². The van der Waals surface area contributed by atoms with Gasteiger partial charge in [0.05, 0.1) is 23.2 Å². The number of halogens is 2. The number of hydrogen-bond acceptors (Lipinski definition) is 4. The summed E-state index contributed by atoms with van der Waals surface area (Å²) in [5, 5.41) is 10.3. The van der Waals surface area contributed by atoms with Crippen LogP contribution < -0.4 is 0 Å². The molecule has 7 heteroatoms. The molecular weight excluding hydrogens is 248 g/mol. The normalized spacial score (nSPS) is 10.2. The van der Waals surface area contributed by atoms with E-state index >= 15 is 0 Å². The lowest BCUT2D eigenvalue weighted by Crippen LogP contribution is -2.10. The summed E-state index contributed by atoms with van der Waals surface area (Å²) >= 11 is 0. The summed E-state index contributed by atoms with van der Waals surface area (Å²) < 4.78 is 31.3. The van der Waals surface area contributed by atoms with Crippen LogP contribution in [0.2, 0.25) is 0 Å². The number of carbonyl (C=O) groups excluding carboxylic acids is 1. The van der Waals surface area contributed by atoms with Gasteiger partial charge in [-0.05, 0) is 12.5 Å². The minimum Gasteiger partial charge on any atom is -0.462 e. The topological polar surface area (TPSA) is 69.4 Å². The fourth-order valence-corrected chi connectivity index (χ4v) is 1.22. The number of unbranched alkanes of at least 4 members (excludes halogenated alkanes) is 1. The number of esters is 1. The molecule has 0 N–H and O–H groups in total. The summed E-state index contributed by atoms with van der Waals surface area (Å²) in [6.07, 6.45) is 1.38. The van der Waals surface area contributed by atoms with Crippen molar-refractivity contribution >= 4 is 11.7 Å². The maximum absolute atomic E-state index is 13.4. The van der Waals surface area contributed by atoms with Crippen molar-refractivity contribution in [1.29, 1.82) is 0 Å². The Labute approximate surface area is 102 Å². The second-order valence-electron chi connectivity index (χ2n) is 3.53. The van der Waals surface area contributed by atoms with Crippen LogP contribution in [0.15, 0.2) is 12.1 Å². The summed E-state index contributed by atoms with van der Waals surface area (Å²) in [6.45, 7) is 1.97. The molecule has 0 aromatic heterocycles. The molecule has 0 aliphatic rings. The van der Waals surface area contributed by atoms with Gasteiger partial charge in [-0.25, -0.2) is 9.18 Å². The smallest absolute Gasteiger partial charge is 0.341 e. The maximum Gasteiger partial charge on any atom is 0.341 e. The molecule has 0 radical (unpaired) electrons. The molecule has 1 aromatic rings. The van der Waals surface area contributed by atoms with Crippen LogP contribution >= 0.6 is 0 Å². The first kappa shape index (κ1) is 14.0. The van der Waals surface area contributed by atoms with Gasteiger partial charge in [0.25, 0.3) is 0 Å². The van der Waals surface area contributed by atoms with Gasteiger partial charge in [0.1, 0.15) is 5.82 Å². The number of nitrogens with zero attached hydrogens (tertiary/aromatic N) is 1. The zero-order chi connectivity index (χ0) is 13.7. The second kappa shape index (κ2) is 6.04. The van der Waals surface area contributed by atoms with Crippen LogP contribution in [0.5, 0.6) is 0 Å². The predicted molar refractivity (Wildman–Crippen MR) is 58.2 cm³/mol. The number of benzene rings is 1. The number of ether oxygens (including phenoxy) is 1. The maximum atomic E-state index is 13.4. The van der Waals surface area contributed by atoms with Crippen LogP contribution in [0, 0.1) is 21.7 Å². The van der Waals surface area contributed by atoms with Gasteiger partial charge in [-0.15, -0.1) is 0 Å². The van der Waals surface area contributed by atoms with E-state index in [-0.39, 0.29) is 6.61 Å². The molecule has 0 bridgehead atoms. The summed E-state index contributed by atoms with van der Waals surface area (Å²) in [4.78, 5) is 20.7.